The Morgan fingerprint density at radius 2 is 2.11 bits per heavy atom. The minimum atomic E-state index is -0.594. The minimum absolute atomic E-state index is 0.237. The highest BCUT2D eigenvalue weighted by Crippen LogP contribution is 2.26. The number of hydrogen-bond acceptors (Lipinski definition) is 5. The van der Waals surface area contributed by atoms with Crippen molar-refractivity contribution < 1.29 is 14.2 Å². The van der Waals surface area contributed by atoms with Crippen molar-refractivity contribution in [2.24, 2.45) is 0 Å². The Morgan fingerprint density at radius 3 is 2.72 bits per heavy atom. The van der Waals surface area contributed by atoms with Crippen molar-refractivity contribution in [3.63, 3.8) is 0 Å². The molecule has 0 amide bonds. The summed E-state index contributed by atoms with van der Waals surface area (Å²) in [7, 11) is 3.09. The van der Waals surface area contributed by atoms with E-state index in [0.717, 1.165) is 0 Å². The van der Waals surface area contributed by atoms with Crippen molar-refractivity contribution in [3.8, 4) is 0 Å². The average Bonchev–Trinajstić information content (AvgIpc) is 2.76. The Kier molecular flexibility index (Phi) is 3.65. The van der Waals surface area contributed by atoms with Crippen LogP contribution in [0.15, 0.2) is 15.8 Å². The van der Waals surface area contributed by atoms with Crippen LogP contribution in [0, 0.1) is 6.92 Å². The zero-order chi connectivity index (χ0) is 13.3. The fourth-order valence-electron chi connectivity index (χ4n) is 2.05. The van der Waals surface area contributed by atoms with E-state index in [0.29, 0.717) is 12.2 Å². The van der Waals surface area contributed by atoms with Crippen LogP contribution in [0.1, 0.15) is 11.8 Å². The van der Waals surface area contributed by atoms with E-state index in [4.69, 9.17) is 14.2 Å². The van der Waals surface area contributed by atoms with E-state index in [9.17, 15) is 9.59 Å². The number of nitrogens with one attached hydrogen (secondary N) is 1. The summed E-state index contributed by atoms with van der Waals surface area (Å²) in [4.78, 5) is 25.3. The van der Waals surface area contributed by atoms with E-state index in [-0.39, 0.29) is 6.10 Å². The minimum Gasteiger partial charge on any atom is -0.376 e. The van der Waals surface area contributed by atoms with E-state index in [1.807, 2.05) is 0 Å². The van der Waals surface area contributed by atoms with Crippen LogP contribution in [0.4, 0.5) is 0 Å². The molecule has 18 heavy (non-hydrogen) atoms. The van der Waals surface area contributed by atoms with Crippen LogP contribution in [-0.4, -0.2) is 42.6 Å². The lowest BCUT2D eigenvalue weighted by Crippen LogP contribution is -2.39. The maximum Gasteiger partial charge on any atom is 0.330 e. The number of H-pyrrole nitrogens is 1. The molecule has 0 radical (unpaired) electrons. The Balaban J connectivity index is 2.40. The molecule has 2 heterocycles. The van der Waals surface area contributed by atoms with E-state index >= 15 is 0 Å². The number of hydrogen-bond donors (Lipinski definition) is 1. The Bertz CT molecular complexity index is 535. The molecule has 2 rings (SSSR count). The number of nitrogens with zero attached hydrogens (tertiary/aromatic N) is 1. The molecule has 0 bridgehead atoms. The van der Waals surface area contributed by atoms with Crippen molar-refractivity contribution in [3.05, 3.63) is 32.6 Å². The normalized spacial score (nSPS) is 27.6. The molecule has 0 unspecified atom stereocenters. The number of aromatic amines is 1. The lowest BCUT2D eigenvalue weighted by molar-refractivity contribution is -0.0524. The first-order valence-corrected chi connectivity index (χ1v) is 5.57. The van der Waals surface area contributed by atoms with Crippen LogP contribution in [0.3, 0.4) is 0 Å². The number of aromatic nitrogens is 2. The standard InChI is InChI=1S/C11H16N2O5/c1-6-4-13(11(15)12-9(6)14)10-8(17-3)7(16-2)5-18-10/h4,7-8,10H,5H2,1-3H3,(H,12,14,15)/t7-,8+,10+/m1/s1. The maximum atomic E-state index is 11.8. The summed E-state index contributed by atoms with van der Waals surface area (Å²) in [6, 6.07) is 0. The number of rotatable bonds is 3. The van der Waals surface area contributed by atoms with Crippen molar-refractivity contribution >= 4 is 0 Å². The first-order valence-electron chi connectivity index (χ1n) is 5.57. The van der Waals surface area contributed by atoms with Gasteiger partial charge in [-0.05, 0) is 6.92 Å². The molecular weight excluding hydrogens is 240 g/mol. The van der Waals surface area contributed by atoms with Gasteiger partial charge < -0.3 is 14.2 Å². The second kappa shape index (κ2) is 5.05. The Labute approximate surface area is 103 Å². The van der Waals surface area contributed by atoms with Crippen molar-refractivity contribution in [1.82, 2.24) is 9.55 Å². The highest BCUT2D eigenvalue weighted by atomic mass is 16.6. The highest BCUT2D eigenvalue weighted by Gasteiger charge is 2.39. The van der Waals surface area contributed by atoms with Gasteiger partial charge in [0, 0.05) is 26.0 Å². The number of methoxy groups -OCH3 is 2. The maximum absolute atomic E-state index is 11.8. The average molecular weight is 256 g/mol. The Morgan fingerprint density at radius 1 is 1.39 bits per heavy atom. The van der Waals surface area contributed by atoms with Crippen LogP contribution in [0.25, 0.3) is 0 Å². The second-order valence-electron chi connectivity index (χ2n) is 4.18. The predicted octanol–water partition coefficient (Wildman–Crippen LogP) is -0.596. The van der Waals surface area contributed by atoms with Crippen LogP contribution in [0.5, 0.6) is 0 Å². The summed E-state index contributed by atoms with van der Waals surface area (Å²) in [6.45, 7) is 1.96. The third kappa shape index (κ3) is 2.12. The third-order valence-corrected chi connectivity index (χ3v) is 3.07. The smallest absolute Gasteiger partial charge is 0.330 e. The van der Waals surface area contributed by atoms with E-state index in [2.05, 4.69) is 4.98 Å². The fraction of sp³-hybridized carbons (Fsp3) is 0.636. The highest BCUT2D eigenvalue weighted by molar-refractivity contribution is 5.02. The van der Waals surface area contributed by atoms with Gasteiger partial charge in [0.25, 0.3) is 5.56 Å². The van der Waals surface area contributed by atoms with Crippen molar-refractivity contribution in [2.75, 3.05) is 20.8 Å². The molecule has 0 aromatic carbocycles. The number of ether oxygens (including phenoxy) is 3. The van der Waals surface area contributed by atoms with Gasteiger partial charge in [0.1, 0.15) is 12.2 Å². The van der Waals surface area contributed by atoms with Gasteiger partial charge in [-0.25, -0.2) is 4.79 Å². The van der Waals surface area contributed by atoms with Crippen LogP contribution < -0.4 is 11.2 Å². The molecule has 1 N–H and O–H groups in total. The van der Waals surface area contributed by atoms with E-state index in [1.165, 1.54) is 17.9 Å². The van der Waals surface area contributed by atoms with E-state index < -0.39 is 23.6 Å². The summed E-state index contributed by atoms with van der Waals surface area (Å²) in [5, 5.41) is 0. The predicted molar refractivity (Wildman–Crippen MR) is 62.6 cm³/mol. The molecule has 100 valence electrons. The third-order valence-electron chi connectivity index (χ3n) is 3.07. The van der Waals surface area contributed by atoms with Crippen LogP contribution in [0.2, 0.25) is 0 Å². The SMILES string of the molecule is CO[C@H]1[C@H](OC)CO[C@@H]1n1cc(C)c(=O)[nH]c1=O. The summed E-state index contributed by atoms with van der Waals surface area (Å²) in [6.07, 6.45) is 0.246. The molecule has 0 saturated carbocycles. The van der Waals surface area contributed by atoms with Crippen LogP contribution >= 0.6 is 0 Å². The summed E-state index contributed by atoms with van der Waals surface area (Å²) in [5.74, 6) is 0. The van der Waals surface area contributed by atoms with Gasteiger partial charge >= 0.3 is 5.69 Å². The molecule has 7 nitrogen and oxygen atoms in total. The number of aryl methyl sites for hydroxylation is 1. The van der Waals surface area contributed by atoms with Gasteiger partial charge in [0.2, 0.25) is 0 Å². The summed E-state index contributed by atoms with van der Waals surface area (Å²) < 4.78 is 17.4. The quantitative estimate of drug-likeness (QED) is 0.781. The summed E-state index contributed by atoms with van der Waals surface area (Å²) in [5.41, 5.74) is -0.477. The van der Waals surface area contributed by atoms with E-state index in [1.54, 1.807) is 14.0 Å². The topological polar surface area (TPSA) is 82.6 Å². The summed E-state index contributed by atoms with van der Waals surface area (Å²) >= 11 is 0. The molecule has 1 aliphatic heterocycles. The lowest BCUT2D eigenvalue weighted by atomic mass is 10.2. The molecule has 1 aromatic heterocycles. The van der Waals surface area contributed by atoms with Gasteiger partial charge in [-0.2, -0.15) is 0 Å². The first kappa shape index (κ1) is 13.0. The molecule has 1 saturated heterocycles. The molecular formula is C11H16N2O5. The molecule has 3 atom stereocenters. The molecule has 0 aliphatic carbocycles. The molecule has 1 fully saturated rings. The van der Waals surface area contributed by atoms with Crippen molar-refractivity contribution in [2.45, 2.75) is 25.4 Å². The fourth-order valence-corrected chi connectivity index (χ4v) is 2.05. The second-order valence-corrected chi connectivity index (χ2v) is 4.18. The monoisotopic (exact) mass is 256 g/mol. The lowest BCUT2D eigenvalue weighted by Gasteiger charge is -2.22. The van der Waals surface area contributed by atoms with Gasteiger partial charge in [0.15, 0.2) is 6.23 Å². The van der Waals surface area contributed by atoms with Gasteiger partial charge in [0.05, 0.1) is 6.61 Å². The van der Waals surface area contributed by atoms with Gasteiger partial charge in [-0.1, -0.05) is 0 Å². The molecule has 7 heteroatoms. The zero-order valence-electron chi connectivity index (χ0n) is 10.5. The molecule has 1 aliphatic rings. The zero-order valence-corrected chi connectivity index (χ0v) is 10.5. The van der Waals surface area contributed by atoms with Crippen molar-refractivity contribution in [1.29, 1.82) is 0 Å². The van der Waals surface area contributed by atoms with Gasteiger partial charge in [-0.3, -0.25) is 14.3 Å². The molecule has 1 aromatic rings. The Hall–Kier alpha value is -1.44. The van der Waals surface area contributed by atoms with Gasteiger partial charge in [-0.15, -0.1) is 0 Å². The largest absolute Gasteiger partial charge is 0.376 e. The molecule has 0 spiro atoms. The van der Waals surface area contributed by atoms with Crippen LogP contribution in [-0.2, 0) is 14.2 Å². The first-order chi connectivity index (χ1) is 8.58.